The van der Waals surface area contributed by atoms with Crippen LogP contribution in [0.2, 0.25) is 5.02 Å². The Labute approximate surface area is 120 Å². The number of nitrogens with one attached hydrogen (secondary N) is 1. The molecule has 0 aliphatic heterocycles. The molecule has 0 amide bonds. The van der Waals surface area contributed by atoms with Gasteiger partial charge in [-0.25, -0.2) is 13.2 Å². The third kappa shape index (κ3) is 4.71. The van der Waals surface area contributed by atoms with E-state index in [1.54, 1.807) is 0 Å². The Kier molecular flexibility index (Phi) is 5.34. The number of ether oxygens (including phenoxy) is 1. The van der Waals surface area contributed by atoms with Crippen LogP contribution in [0.5, 0.6) is 0 Å². The number of carboxylic acids is 1. The molecular formula is C11H12ClNO6S. The van der Waals surface area contributed by atoms with Crippen molar-refractivity contribution in [2.45, 2.75) is 6.92 Å². The Balaban J connectivity index is 3.00. The molecule has 0 aliphatic carbocycles. The standard InChI is InChI=1S/C11H12ClNO6S/c1-2-19-10(14)6-20(17,18)13-9-5-7(12)3-4-8(9)11(15)16/h3-5,13H,2,6H2,1H3,(H,15,16). The third-order valence-electron chi connectivity index (χ3n) is 2.09. The third-order valence-corrected chi connectivity index (χ3v) is 3.47. The van der Waals surface area contributed by atoms with Gasteiger partial charge in [-0.15, -0.1) is 0 Å². The van der Waals surface area contributed by atoms with E-state index in [4.69, 9.17) is 16.7 Å². The molecule has 0 fully saturated rings. The molecule has 0 saturated carbocycles. The van der Waals surface area contributed by atoms with Gasteiger partial charge in [0.25, 0.3) is 0 Å². The summed E-state index contributed by atoms with van der Waals surface area (Å²) in [6, 6.07) is 3.62. The maximum Gasteiger partial charge on any atom is 0.337 e. The summed E-state index contributed by atoms with van der Waals surface area (Å²) in [7, 11) is -4.08. The van der Waals surface area contributed by atoms with Gasteiger partial charge in [0.05, 0.1) is 17.9 Å². The Morgan fingerprint density at radius 3 is 2.60 bits per heavy atom. The molecule has 0 unspecified atom stereocenters. The van der Waals surface area contributed by atoms with Gasteiger partial charge in [-0.05, 0) is 25.1 Å². The predicted molar refractivity (Wildman–Crippen MR) is 72.5 cm³/mol. The van der Waals surface area contributed by atoms with Crippen molar-refractivity contribution in [1.29, 1.82) is 0 Å². The van der Waals surface area contributed by atoms with Crippen molar-refractivity contribution in [3.8, 4) is 0 Å². The summed E-state index contributed by atoms with van der Waals surface area (Å²) < 4.78 is 30.0. The average Bonchev–Trinajstić information content (AvgIpc) is 2.26. The van der Waals surface area contributed by atoms with Crippen LogP contribution in [0, 0.1) is 0 Å². The second-order valence-electron chi connectivity index (χ2n) is 3.66. The van der Waals surface area contributed by atoms with Gasteiger partial charge in [0.2, 0.25) is 10.0 Å². The van der Waals surface area contributed by atoms with Crippen molar-refractivity contribution in [2.75, 3.05) is 17.1 Å². The number of rotatable bonds is 6. The maximum absolute atomic E-state index is 11.7. The molecule has 7 nitrogen and oxygen atoms in total. The minimum absolute atomic E-state index is 0.0475. The number of hydrogen-bond acceptors (Lipinski definition) is 5. The molecule has 0 atom stereocenters. The second kappa shape index (κ2) is 6.58. The van der Waals surface area contributed by atoms with Crippen molar-refractivity contribution in [3.63, 3.8) is 0 Å². The van der Waals surface area contributed by atoms with Crippen molar-refractivity contribution < 1.29 is 27.9 Å². The average molecular weight is 322 g/mol. The van der Waals surface area contributed by atoms with Crippen LogP contribution in [-0.4, -0.2) is 37.8 Å². The van der Waals surface area contributed by atoms with Crippen LogP contribution in [0.25, 0.3) is 0 Å². The number of aromatic carboxylic acids is 1. The second-order valence-corrected chi connectivity index (χ2v) is 5.82. The largest absolute Gasteiger partial charge is 0.478 e. The zero-order chi connectivity index (χ0) is 15.3. The van der Waals surface area contributed by atoms with Crippen LogP contribution in [-0.2, 0) is 19.6 Å². The molecule has 1 aromatic carbocycles. The van der Waals surface area contributed by atoms with Gasteiger partial charge in [-0.3, -0.25) is 9.52 Å². The van der Waals surface area contributed by atoms with Gasteiger partial charge in [0, 0.05) is 5.02 Å². The Bertz CT molecular complexity index is 628. The van der Waals surface area contributed by atoms with Crippen LogP contribution >= 0.6 is 11.6 Å². The fourth-order valence-corrected chi connectivity index (χ4v) is 2.49. The fraction of sp³-hybridized carbons (Fsp3) is 0.273. The molecular weight excluding hydrogens is 310 g/mol. The number of anilines is 1. The van der Waals surface area contributed by atoms with E-state index in [0.717, 1.165) is 12.1 Å². The van der Waals surface area contributed by atoms with Crippen molar-refractivity contribution in [1.82, 2.24) is 0 Å². The molecule has 0 saturated heterocycles. The van der Waals surface area contributed by atoms with Gasteiger partial charge in [0.1, 0.15) is 0 Å². The number of carboxylic acid groups (broad SMARTS) is 1. The van der Waals surface area contributed by atoms with E-state index in [-0.39, 0.29) is 22.9 Å². The number of esters is 1. The molecule has 2 N–H and O–H groups in total. The minimum Gasteiger partial charge on any atom is -0.478 e. The zero-order valence-corrected chi connectivity index (χ0v) is 12.0. The van der Waals surface area contributed by atoms with E-state index in [2.05, 4.69) is 4.74 Å². The molecule has 110 valence electrons. The van der Waals surface area contributed by atoms with E-state index >= 15 is 0 Å². The van der Waals surface area contributed by atoms with Crippen LogP contribution in [0.15, 0.2) is 18.2 Å². The summed E-state index contributed by atoms with van der Waals surface area (Å²) >= 11 is 5.69. The Morgan fingerprint density at radius 2 is 2.05 bits per heavy atom. The van der Waals surface area contributed by atoms with E-state index in [0.29, 0.717) is 0 Å². The first-order chi connectivity index (χ1) is 9.25. The quantitative estimate of drug-likeness (QED) is 0.765. The predicted octanol–water partition coefficient (Wildman–Crippen LogP) is 1.34. The Hall–Kier alpha value is -1.80. The molecule has 0 spiro atoms. The van der Waals surface area contributed by atoms with Crippen LogP contribution in [0.1, 0.15) is 17.3 Å². The van der Waals surface area contributed by atoms with Gasteiger partial charge < -0.3 is 9.84 Å². The first-order valence-corrected chi connectivity index (χ1v) is 7.47. The highest BCUT2D eigenvalue weighted by atomic mass is 35.5. The smallest absolute Gasteiger partial charge is 0.337 e. The van der Waals surface area contributed by atoms with Gasteiger partial charge in [-0.2, -0.15) is 0 Å². The molecule has 9 heteroatoms. The monoisotopic (exact) mass is 321 g/mol. The molecule has 0 aliphatic rings. The SMILES string of the molecule is CCOC(=O)CS(=O)(=O)Nc1cc(Cl)ccc1C(=O)O. The molecule has 0 bridgehead atoms. The number of carbonyl (C=O) groups is 2. The lowest BCUT2D eigenvalue weighted by molar-refractivity contribution is -0.139. The summed E-state index contributed by atoms with van der Waals surface area (Å²) in [5.41, 5.74) is -0.490. The number of halogens is 1. The maximum atomic E-state index is 11.7. The van der Waals surface area contributed by atoms with E-state index in [1.165, 1.54) is 13.0 Å². The first-order valence-electron chi connectivity index (χ1n) is 5.44. The zero-order valence-electron chi connectivity index (χ0n) is 10.4. The highest BCUT2D eigenvalue weighted by Crippen LogP contribution is 2.22. The van der Waals surface area contributed by atoms with Crippen molar-refractivity contribution in [2.24, 2.45) is 0 Å². The first kappa shape index (κ1) is 16.3. The summed E-state index contributed by atoms with van der Waals surface area (Å²) in [6.07, 6.45) is 0. The lowest BCUT2D eigenvalue weighted by Crippen LogP contribution is -2.25. The highest BCUT2D eigenvalue weighted by Gasteiger charge is 2.20. The van der Waals surface area contributed by atoms with Gasteiger partial charge in [0.15, 0.2) is 5.75 Å². The van der Waals surface area contributed by atoms with Crippen molar-refractivity contribution in [3.05, 3.63) is 28.8 Å². The van der Waals surface area contributed by atoms with Gasteiger partial charge in [-0.1, -0.05) is 11.6 Å². The van der Waals surface area contributed by atoms with Crippen LogP contribution in [0.3, 0.4) is 0 Å². The molecule has 0 aromatic heterocycles. The Morgan fingerprint density at radius 1 is 1.40 bits per heavy atom. The number of carbonyl (C=O) groups excluding carboxylic acids is 1. The minimum atomic E-state index is -4.08. The molecule has 20 heavy (non-hydrogen) atoms. The van der Waals surface area contributed by atoms with Crippen LogP contribution in [0.4, 0.5) is 5.69 Å². The lowest BCUT2D eigenvalue weighted by Gasteiger charge is -2.10. The molecule has 0 heterocycles. The topological polar surface area (TPSA) is 110 Å². The number of hydrogen-bond donors (Lipinski definition) is 2. The van der Waals surface area contributed by atoms with Gasteiger partial charge >= 0.3 is 11.9 Å². The lowest BCUT2D eigenvalue weighted by atomic mass is 10.2. The summed E-state index contributed by atoms with van der Waals surface area (Å²) in [6.45, 7) is 1.59. The van der Waals surface area contributed by atoms with Crippen LogP contribution < -0.4 is 4.72 Å². The summed E-state index contributed by atoms with van der Waals surface area (Å²) in [4.78, 5) is 22.1. The molecule has 1 aromatic rings. The van der Waals surface area contributed by atoms with Crippen molar-refractivity contribution >= 4 is 39.3 Å². The summed E-state index contributed by atoms with van der Waals surface area (Å²) in [5.74, 6) is -3.17. The summed E-state index contributed by atoms with van der Waals surface area (Å²) in [5, 5.41) is 9.11. The highest BCUT2D eigenvalue weighted by molar-refractivity contribution is 7.93. The van der Waals surface area contributed by atoms with E-state index in [9.17, 15) is 18.0 Å². The number of sulfonamides is 1. The fourth-order valence-electron chi connectivity index (χ4n) is 1.35. The van der Waals surface area contributed by atoms with E-state index in [1.807, 2.05) is 4.72 Å². The normalized spacial score (nSPS) is 10.9. The van der Waals surface area contributed by atoms with E-state index < -0.39 is 27.7 Å². The molecule has 1 rings (SSSR count). The number of benzene rings is 1. The molecule has 0 radical (unpaired) electrons.